The zero-order valence-corrected chi connectivity index (χ0v) is 27.7. The number of pyridine rings is 1. The first-order valence-electron chi connectivity index (χ1n) is 17.1. The smallest absolute Gasteiger partial charge is 0.270 e. The van der Waals surface area contributed by atoms with E-state index in [2.05, 4.69) is 46.9 Å². The lowest BCUT2D eigenvalue weighted by atomic mass is 9.81. The Kier molecular flexibility index (Phi) is 11.0. The Morgan fingerprint density at radius 1 is 0.939 bits per heavy atom. The molecule has 13 heteroatoms. The molecule has 256 valence electrons. The molecule has 3 heterocycles. The van der Waals surface area contributed by atoms with E-state index in [1.807, 2.05) is 37.3 Å². The summed E-state index contributed by atoms with van der Waals surface area (Å²) in [5, 5.41) is 26.4. The van der Waals surface area contributed by atoms with Gasteiger partial charge in [0.25, 0.3) is 5.91 Å². The normalized spacial score (nSPS) is 18.7. The average Bonchev–Trinajstić information content (AvgIpc) is 3.68. The Morgan fingerprint density at radius 3 is 2.31 bits per heavy atom. The van der Waals surface area contributed by atoms with Gasteiger partial charge in [0, 0.05) is 41.4 Å². The quantitative estimate of drug-likeness (QED) is 0.140. The van der Waals surface area contributed by atoms with E-state index < -0.39 is 6.04 Å². The fourth-order valence-corrected chi connectivity index (χ4v) is 6.64. The van der Waals surface area contributed by atoms with E-state index in [1.54, 1.807) is 30.5 Å². The monoisotopic (exact) mass is 664 g/mol. The number of piperidine rings is 1. The Morgan fingerprint density at radius 2 is 1.65 bits per heavy atom. The molecule has 1 atom stereocenters. The number of nitrogens with zero attached hydrogens (tertiary/aromatic N) is 4. The number of hydrogen-bond donors (Lipinski definition) is 6. The number of carbonyl (C=O) groups excluding carboxylic acids is 3. The molecule has 4 aromatic rings. The van der Waals surface area contributed by atoms with Crippen LogP contribution in [0.25, 0.3) is 22.5 Å². The summed E-state index contributed by atoms with van der Waals surface area (Å²) in [7, 11) is 0. The van der Waals surface area contributed by atoms with Gasteiger partial charge in [0.05, 0.1) is 0 Å². The zero-order valence-electron chi connectivity index (χ0n) is 27.7. The van der Waals surface area contributed by atoms with Crippen LogP contribution in [0.15, 0.2) is 60.8 Å². The molecule has 1 saturated carbocycles. The van der Waals surface area contributed by atoms with Crippen molar-refractivity contribution < 1.29 is 14.4 Å². The summed E-state index contributed by atoms with van der Waals surface area (Å²) in [5.41, 5.74) is 11.3. The number of aromatic amines is 1. The van der Waals surface area contributed by atoms with Gasteiger partial charge in [-0.1, -0.05) is 24.3 Å². The highest BCUT2D eigenvalue weighted by molar-refractivity contribution is 5.98. The van der Waals surface area contributed by atoms with Crippen molar-refractivity contribution in [2.45, 2.75) is 64.0 Å². The molecule has 0 unspecified atom stereocenters. The number of aryl methyl sites for hydroxylation is 1. The largest absolute Gasteiger partial charge is 0.348 e. The predicted molar refractivity (Wildman–Crippen MR) is 186 cm³/mol. The minimum Gasteiger partial charge on any atom is -0.348 e. The van der Waals surface area contributed by atoms with E-state index in [0.29, 0.717) is 36.1 Å². The van der Waals surface area contributed by atoms with E-state index in [1.165, 1.54) is 0 Å². The van der Waals surface area contributed by atoms with Crippen molar-refractivity contribution in [3.8, 4) is 22.5 Å². The number of carbonyl (C=O) groups is 3. The summed E-state index contributed by atoms with van der Waals surface area (Å²) >= 11 is 0. The van der Waals surface area contributed by atoms with Crippen LogP contribution in [-0.2, 0) is 16.0 Å². The maximum absolute atomic E-state index is 13.7. The lowest BCUT2D eigenvalue weighted by Crippen LogP contribution is -2.48. The third kappa shape index (κ3) is 8.72. The maximum Gasteiger partial charge on any atom is 0.270 e. The number of tetrazole rings is 1. The molecule has 0 bridgehead atoms. The van der Waals surface area contributed by atoms with E-state index >= 15 is 0 Å². The summed E-state index contributed by atoms with van der Waals surface area (Å²) in [6.45, 7) is 4.40. The molecule has 2 aromatic carbocycles. The van der Waals surface area contributed by atoms with Crippen molar-refractivity contribution >= 4 is 23.4 Å². The van der Waals surface area contributed by atoms with E-state index in [-0.39, 0.29) is 29.7 Å². The Hall–Kier alpha value is -5.01. The van der Waals surface area contributed by atoms with Crippen molar-refractivity contribution in [1.82, 2.24) is 41.6 Å². The molecular weight excluding hydrogens is 620 g/mol. The third-order valence-electron chi connectivity index (χ3n) is 9.66. The molecule has 6 rings (SSSR count). The molecule has 1 aliphatic carbocycles. The van der Waals surface area contributed by atoms with Crippen LogP contribution in [0.4, 0.5) is 5.69 Å². The Bertz CT molecular complexity index is 1710. The first kappa shape index (κ1) is 33.9. The summed E-state index contributed by atoms with van der Waals surface area (Å²) in [6.07, 6.45) is 7.22. The topological polar surface area (TPSA) is 193 Å². The SMILES string of the molecule is Cc1cc(C(=O)NC2CCNCC2)ncc1-c1ccc(C[C@H](NC(=O)C2CCC(CN)CC2)C(=O)Nc2ccc(-c3nn[nH]n3)cc2)cc1. The van der Waals surface area contributed by atoms with E-state index in [9.17, 15) is 14.4 Å². The number of nitrogens with two attached hydrogens (primary N) is 1. The molecule has 2 aliphatic rings. The number of benzene rings is 2. The van der Waals surface area contributed by atoms with Gasteiger partial charge in [0.2, 0.25) is 17.6 Å². The zero-order chi connectivity index (χ0) is 34.2. The van der Waals surface area contributed by atoms with Crippen molar-refractivity contribution in [2.75, 3.05) is 25.0 Å². The lowest BCUT2D eigenvalue weighted by Gasteiger charge is -2.28. The first-order valence-corrected chi connectivity index (χ1v) is 17.1. The molecule has 1 aliphatic heterocycles. The second kappa shape index (κ2) is 15.9. The number of anilines is 1. The highest BCUT2D eigenvalue weighted by atomic mass is 16.2. The Balaban J connectivity index is 1.14. The molecule has 49 heavy (non-hydrogen) atoms. The summed E-state index contributed by atoms with van der Waals surface area (Å²) < 4.78 is 0. The van der Waals surface area contributed by atoms with Crippen LogP contribution in [0, 0.1) is 18.8 Å². The molecule has 2 aromatic heterocycles. The fourth-order valence-electron chi connectivity index (χ4n) is 6.64. The van der Waals surface area contributed by atoms with Crippen LogP contribution < -0.4 is 27.0 Å². The standard InChI is InChI=1S/C36H44N10O3/c1-22-18-31(35(48)41-29-14-16-38-17-15-29)39-21-30(22)25-6-2-23(3-7-25)19-32(42-34(47)27-8-4-24(20-37)5-9-27)36(49)40-28-12-10-26(11-13-28)33-43-45-46-44-33/h2-3,6-7,10-13,18,21,24,27,29,32,38H,4-5,8-9,14-17,19-20,37H2,1H3,(H,40,49)(H,41,48)(H,42,47)(H,43,44,45,46)/t24?,27?,32-/m0/s1. The van der Waals surface area contributed by atoms with Crippen LogP contribution in [0.1, 0.15) is 60.1 Å². The van der Waals surface area contributed by atoms with Crippen molar-refractivity contribution in [2.24, 2.45) is 17.6 Å². The van der Waals surface area contributed by atoms with Gasteiger partial charge in [-0.25, -0.2) is 0 Å². The minimum absolute atomic E-state index is 0.106. The van der Waals surface area contributed by atoms with E-state index in [0.717, 1.165) is 79.4 Å². The highest BCUT2D eigenvalue weighted by Crippen LogP contribution is 2.29. The first-order chi connectivity index (χ1) is 23.9. The predicted octanol–water partition coefficient (Wildman–Crippen LogP) is 3.15. The number of hydrogen-bond acceptors (Lipinski definition) is 9. The molecule has 1 saturated heterocycles. The van der Waals surface area contributed by atoms with Crippen LogP contribution >= 0.6 is 0 Å². The highest BCUT2D eigenvalue weighted by Gasteiger charge is 2.29. The molecule has 0 spiro atoms. The van der Waals surface area contributed by atoms with Gasteiger partial charge < -0.3 is 27.0 Å². The minimum atomic E-state index is -0.788. The number of rotatable bonds is 11. The van der Waals surface area contributed by atoms with Gasteiger partial charge in [-0.05, 0) is 123 Å². The van der Waals surface area contributed by atoms with Crippen LogP contribution in [0.3, 0.4) is 0 Å². The third-order valence-corrected chi connectivity index (χ3v) is 9.66. The molecule has 7 N–H and O–H groups in total. The van der Waals surface area contributed by atoms with Crippen LogP contribution in [-0.4, -0.2) is 75.0 Å². The van der Waals surface area contributed by atoms with Gasteiger partial charge >= 0.3 is 0 Å². The van der Waals surface area contributed by atoms with Gasteiger partial charge in [0.1, 0.15) is 11.7 Å². The maximum atomic E-state index is 13.7. The molecule has 3 amide bonds. The Labute approximate surface area is 285 Å². The molecule has 0 radical (unpaired) electrons. The lowest BCUT2D eigenvalue weighted by molar-refractivity contribution is -0.130. The number of nitrogens with one attached hydrogen (secondary N) is 5. The summed E-state index contributed by atoms with van der Waals surface area (Å²) in [4.78, 5) is 44.4. The van der Waals surface area contributed by atoms with Crippen LogP contribution in [0.5, 0.6) is 0 Å². The second-order valence-corrected chi connectivity index (χ2v) is 13.1. The fraction of sp³-hybridized carbons (Fsp3) is 0.417. The van der Waals surface area contributed by atoms with E-state index in [4.69, 9.17) is 5.73 Å². The number of amides is 3. The summed E-state index contributed by atoms with van der Waals surface area (Å²) in [6, 6.07) is 16.2. The molecule has 2 fully saturated rings. The van der Waals surface area contributed by atoms with Gasteiger partial charge in [-0.3, -0.25) is 19.4 Å². The van der Waals surface area contributed by atoms with Gasteiger partial charge in [0.15, 0.2) is 0 Å². The molecule has 13 nitrogen and oxygen atoms in total. The van der Waals surface area contributed by atoms with Crippen LogP contribution in [0.2, 0.25) is 0 Å². The number of H-pyrrole nitrogens is 1. The second-order valence-electron chi connectivity index (χ2n) is 13.1. The average molecular weight is 665 g/mol. The van der Waals surface area contributed by atoms with Gasteiger partial charge in [-0.15, -0.1) is 10.2 Å². The summed E-state index contributed by atoms with van der Waals surface area (Å²) in [5.74, 6) is 0.192. The van der Waals surface area contributed by atoms with Crippen molar-refractivity contribution in [3.05, 3.63) is 77.6 Å². The number of aromatic nitrogens is 5. The van der Waals surface area contributed by atoms with Crippen molar-refractivity contribution in [1.29, 1.82) is 0 Å². The van der Waals surface area contributed by atoms with Gasteiger partial charge in [-0.2, -0.15) is 5.21 Å². The van der Waals surface area contributed by atoms with Crippen molar-refractivity contribution in [3.63, 3.8) is 0 Å². The molecular formula is C36H44N10O3.